The third kappa shape index (κ3) is 4.98. The number of carbonyl (C=O) groups is 1. The number of hydrazine groups is 1. The lowest BCUT2D eigenvalue weighted by Gasteiger charge is -2.01. The molecule has 0 atom stereocenters. The zero-order chi connectivity index (χ0) is 7.28. The average molecular weight is 149 g/mol. The Kier molecular flexibility index (Phi) is 3.65. The highest BCUT2D eigenvalue weighted by molar-refractivity contribution is 7.80. The van der Waals surface area contributed by atoms with Crippen molar-refractivity contribution in [1.82, 2.24) is 5.43 Å². The fraction of sp³-hybridized carbons (Fsp3) is 0.333. The fourth-order valence-electron chi connectivity index (χ4n) is 0.178. The highest BCUT2D eigenvalue weighted by Gasteiger charge is 1.95. The van der Waals surface area contributed by atoms with Gasteiger partial charge in [-0.25, -0.2) is 5.84 Å². The first-order valence-electron chi connectivity index (χ1n) is 2.08. The molecule has 0 saturated heterocycles. The first-order valence-corrected chi connectivity index (χ1v) is 2.49. The van der Waals surface area contributed by atoms with E-state index in [0.717, 1.165) is 0 Å². The Morgan fingerprint density at radius 1 is 1.78 bits per heavy atom. The van der Waals surface area contributed by atoms with Crippen LogP contribution in [0.3, 0.4) is 0 Å². The van der Waals surface area contributed by atoms with Gasteiger partial charge < -0.3 is 10.5 Å². The van der Waals surface area contributed by atoms with E-state index >= 15 is 0 Å². The van der Waals surface area contributed by atoms with Gasteiger partial charge in [-0.3, -0.25) is 10.2 Å². The van der Waals surface area contributed by atoms with Gasteiger partial charge >= 0.3 is 0 Å². The van der Waals surface area contributed by atoms with E-state index in [1.54, 1.807) is 0 Å². The van der Waals surface area contributed by atoms with Crippen LogP contribution in [-0.4, -0.2) is 17.7 Å². The lowest BCUT2D eigenvalue weighted by molar-refractivity contribution is -0.120. The highest BCUT2D eigenvalue weighted by Crippen LogP contribution is 1.73. The third-order valence-corrected chi connectivity index (χ3v) is 0.699. The summed E-state index contributed by atoms with van der Waals surface area (Å²) in [5.74, 6) is 4.20. The average Bonchev–Trinajstić information content (AvgIpc) is 1.83. The number of hydrogen-bond acceptors (Lipinski definition) is 4. The Morgan fingerprint density at radius 3 is 2.67 bits per heavy atom. The van der Waals surface area contributed by atoms with Crippen molar-refractivity contribution >= 4 is 23.3 Å². The number of amides is 1. The molecule has 0 fully saturated rings. The molecule has 0 aliphatic heterocycles. The van der Waals surface area contributed by atoms with E-state index < -0.39 is 5.91 Å². The number of carbonyl (C=O) groups excluding carboxylic acids is 1. The van der Waals surface area contributed by atoms with Gasteiger partial charge in [0.05, 0.1) is 0 Å². The molecule has 0 aliphatic rings. The van der Waals surface area contributed by atoms with Gasteiger partial charge in [0, 0.05) is 0 Å². The van der Waals surface area contributed by atoms with Gasteiger partial charge in [0.25, 0.3) is 11.1 Å². The van der Waals surface area contributed by atoms with Gasteiger partial charge in [0.2, 0.25) is 0 Å². The van der Waals surface area contributed by atoms with Crippen molar-refractivity contribution in [3.63, 3.8) is 0 Å². The minimum atomic E-state index is -0.590. The van der Waals surface area contributed by atoms with Crippen LogP contribution >= 0.6 is 12.2 Å². The number of thiocarbonyl (C=S) groups is 1. The molecule has 0 saturated carbocycles. The summed E-state index contributed by atoms with van der Waals surface area (Å²) >= 11 is 4.41. The molecule has 0 aliphatic carbocycles. The van der Waals surface area contributed by atoms with Gasteiger partial charge in [0.15, 0.2) is 6.61 Å². The maximum atomic E-state index is 9.99. The second kappa shape index (κ2) is 4.04. The molecule has 0 radical (unpaired) electrons. The van der Waals surface area contributed by atoms with Crippen molar-refractivity contribution in [2.24, 2.45) is 11.6 Å². The smallest absolute Gasteiger partial charge is 0.271 e. The molecule has 0 bridgehead atoms. The first kappa shape index (κ1) is 8.12. The molecule has 0 aromatic heterocycles. The van der Waals surface area contributed by atoms with E-state index in [1.165, 1.54) is 0 Å². The summed E-state index contributed by atoms with van der Waals surface area (Å²) < 4.78 is 4.47. The van der Waals surface area contributed by atoms with Crippen LogP contribution in [0.2, 0.25) is 0 Å². The number of rotatable bonds is 2. The molecule has 1 amide bonds. The van der Waals surface area contributed by atoms with Crippen molar-refractivity contribution in [3.8, 4) is 0 Å². The highest BCUT2D eigenvalue weighted by atomic mass is 32.1. The Hall–Kier alpha value is -0.880. The predicted molar refractivity (Wildman–Crippen MR) is 35.1 cm³/mol. The standard InChI is InChI=1S/C3H7N3O2S/c4-2(7)1-8-3(9)6-5/h1,5H2,(H2,4,7)(H,6,9). The second-order valence-corrected chi connectivity index (χ2v) is 1.56. The van der Waals surface area contributed by atoms with Gasteiger partial charge in [-0.15, -0.1) is 0 Å². The minimum Gasteiger partial charge on any atom is -0.460 e. The Morgan fingerprint density at radius 2 is 2.33 bits per heavy atom. The number of nitrogens with one attached hydrogen (secondary N) is 1. The van der Waals surface area contributed by atoms with Crippen LogP contribution < -0.4 is 17.0 Å². The quantitative estimate of drug-likeness (QED) is 0.246. The van der Waals surface area contributed by atoms with Crippen molar-refractivity contribution in [3.05, 3.63) is 0 Å². The van der Waals surface area contributed by atoms with Crippen LogP contribution in [0.5, 0.6) is 0 Å². The summed E-state index contributed by atoms with van der Waals surface area (Å²) in [5, 5.41) is -0.0474. The van der Waals surface area contributed by atoms with Crippen molar-refractivity contribution in [2.75, 3.05) is 6.61 Å². The first-order chi connectivity index (χ1) is 4.16. The van der Waals surface area contributed by atoms with E-state index in [9.17, 15) is 4.79 Å². The van der Waals surface area contributed by atoms with E-state index in [-0.39, 0.29) is 11.8 Å². The molecular weight excluding hydrogens is 142 g/mol. The van der Waals surface area contributed by atoms with Crippen LogP contribution in [0.4, 0.5) is 0 Å². The largest absolute Gasteiger partial charge is 0.460 e. The molecule has 52 valence electrons. The monoisotopic (exact) mass is 149 g/mol. The molecule has 0 aromatic carbocycles. The number of nitrogens with two attached hydrogens (primary N) is 2. The number of hydrogen-bond donors (Lipinski definition) is 3. The van der Waals surface area contributed by atoms with E-state index in [4.69, 9.17) is 11.6 Å². The van der Waals surface area contributed by atoms with Gasteiger partial charge in [-0.1, -0.05) is 0 Å². The molecule has 6 heteroatoms. The number of ether oxygens (including phenoxy) is 1. The van der Waals surface area contributed by atoms with E-state index in [1.807, 2.05) is 5.43 Å². The third-order valence-electron chi connectivity index (χ3n) is 0.463. The molecule has 0 aromatic rings. The summed E-state index contributed by atoms with van der Waals surface area (Å²) in [6.45, 7) is -0.247. The van der Waals surface area contributed by atoms with Crippen molar-refractivity contribution < 1.29 is 9.53 Å². The van der Waals surface area contributed by atoms with E-state index in [0.29, 0.717) is 0 Å². The molecule has 5 N–H and O–H groups in total. The van der Waals surface area contributed by atoms with Crippen LogP contribution in [-0.2, 0) is 9.53 Å². The van der Waals surface area contributed by atoms with Crippen LogP contribution in [0.1, 0.15) is 0 Å². The van der Waals surface area contributed by atoms with Crippen molar-refractivity contribution in [2.45, 2.75) is 0 Å². The summed E-state index contributed by atoms with van der Waals surface area (Å²) in [5.41, 5.74) is 6.73. The molecule has 0 spiro atoms. The zero-order valence-corrected chi connectivity index (χ0v) is 5.40. The summed E-state index contributed by atoms with van der Waals surface area (Å²) in [6, 6.07) is 0. The van der Waals surface area contributed by atoms with Crippen LogP contribution in [0.15, 0.2) is 0 Å². The lowest BCUT2D eigenvalue weighted by atomic mass is 10.7. The summed E-state index contributed by atoms with van der Waals surface area (Å²) in [4.78, 5) is 9.99. The number of primary amides is 1. The Bertz CT molecular complexity index is 126. The lowest BCUT2D eigenvalue weighted by Crippen LogP contribution is -2.33. The topological polar surface area (TPSA) is 90.4 Å². The molecular formula is C3H7N3O2S. The van der Waals surface area contributed by atoms with Gasteiger partial charge in [-0.2, -0.15) is 0 Å². The molecule has 0 rings (SSSR count). The normalized spacial score (nSPS) is 8.11. The van der Waals surface area contributed by atoms with Gasteiger partial charge in [0.1, 0.15) is 0 Å². The van der Waals surface area contributed by atoms with Gasteiger partial charge in [-0.05, 0) is 12.2 Å². The molecule has 5 nitrogen and oxygen atoms in total. The molecule has 0 heterocycles. The van der Waals surface area contributed by atoms with E-state index in [2.05, 4.69) is 17.0 Å². The van der Waals surface area contributed by atoms with Crippen LogP contribution in [0.25, 0.3) is 0 Å². The van der Waals surface area contributed by atoms with Crippen LogP contribution in [0, 0.1) is 0 Å². The fourth-order valence-corrected chi connectivity index (χ4v) is 0.237. The maximum Gasteiger partial charge on any atom is 0.271 e. The molecule has 0 unspecified atom stereocenters. The summed E-state index contributed by atoms with van der Waals surface area (Å²) in [7, 11) is 0. The Balaban J connectivity index is 3.28. The minimum absolute atomic E-state index is 0.0474. The SMILES string of the molecule is NNC(=S)OCC(N)=O. The van der Waals surface area contributed by atoms with Crippen molar-refractivity contribution in [1.29, 1.82) is 0 Å². The predicted octanol–water partition coefficient (Wildman–Crippen LogP) is -1.76. The summed E-state index contributed by atoms with van der Waals surface area (Å²) in [6.07, 6.45) is 0. The maximum absolute atomic E-state index is 9.99. The zero-order valence-electron chi connectivity index (χ0n) is 4.59. The second-order valence-electron chi connectivity index (χ2n) is 1.19. The molecule has 9 heavy (non-hydrogen) atoms. The Labute approximate surface area is 57.3 Å².